The molecule has 0 spiro atoms. The van der Waals surface area contributed by atoms with E-state index in [1.54, 1.807) is 25.1 Å². The molecule has 0 radical (unpaired) electrons. The number of rotatable bonds is 5. The van der Waals surface area contributed by atoms with Crippen molar-refractivity contribution in [2.24, 2.45) is 0 Å². The lowest BCUT2D eigenvalue weighted by molar-refractivity contribution is 0.399. The fourth-order valence-corrected chi connectivity index (χ4v) is 2.78. The van der Waals surface area contributed by atoms with Crippen molar-refractivity contribution in [3.63, 3.8) is 0 Å². The van der Waals surface area contributed by atoms with E-state index in [9.17, 15) is 9.11 Å². The van der Waals surface area contributed by atoms with Gasteiger partial charge in [0, 0.05) is 6.07 Å². The van der Waals surface area contributed by atoms with Crippen LogP contribution in [0.25, 0.3) is 0 Å². The Labute approximate surface area is 114 Å². The van der Waals surface area contributed by atoms with Gasteiger partial charge in [-0.3, -0.25) is 13.8 Å². The molecule has 0 unspecified atom stereocenters. The Kier molecular flexibility index (Phi) is 4.14. The first-order valence-electron chi connectivity index (χ1n) is 6.09. The summed E-state index contributed by atoms with van der Waals surface area (Å²) in [5.41, 5.74) is 1.18. The Balaban J connectivity index is 2.14. The summed E-state index contributed by atoms with van der Waals surface area (Å²) in [6, 6.07) is 8.87. The van der Waals surface area contributed by atoms with Gasteiger partial charge in [-0.1, -0.05) is 41.4 Å². The van der Waals surface area contributed by atoms with E-state index in [4.69, 9.17) is 4.52 Å². The molecule has 104 valence electrons. The first kappa shape index (κ1) is 13.9. The summed E-state index contributed by atoms with van der Waals surface area (Å²) in [6.07, 6.45) is 2.04. The Bertz CT molecular complexity index is 537. The number of hydrogen-bond acceptors (Lipinski definition) is 5. The molecule has 1 aromatic heterocycles. The van der Waals surface area contributed by atoms with Gasteiger partial charge in [0.05, 0.1) is 4.90 Å². The standard InChI is InChI=1S/C13H18N2O3S/c1-3-4-11-5-7-12(8-6-11)19(16,17)15-13-9-10(2)18-14-13/h5-9,16-17H,3-4H2,1-2H3,(H,14,15). The van der Waals surface area contributed by atoms with Gasteiger partial charge < -0.3 is 4.52 Å². The van der Waals surface area contributed by atoms with E-state index in [1.807, 2.05) is 12.1 Å². The molecule has 19 heavy (non-hydrogen) atoms. The van der Waals surface area contributed by atoms with Crippen LogP contribution in [0, 0.1) is 6.92 Å². The number of anilines is 1. The fourth-order valence-electron chi connectivity index (χ4n) is 1.75. The van der Waals surface area contributed by atoms with Crippen molar-refractivity contribution in [1.29, 1.82) is 0 Å². The van der Waals surface area contributed by atoms with Crippen LogP contribution in [0.3, 0.4) is 0 Å². The number of nitrogens with one attached hydrogen (secondary N) is 1. The molecule has 0 aliphatic rings. The quantitative estimate of drug-likeness (QED) is 0.770. The maximum absolute atomic E-state index is 10.1. The summed E-state index contributed by atoms with van der Waals surface area (Å²) in [5.74, 6) is 0.922. The number of hydrogen-bond donors (Lipinski definition) is 3. The van der Waals surface area contributed by atoms with Crippen molar-refractivity contribution < 1.29 is 13.6 Å². The van der Waals surface area contributed by atoms with Crippen molar-refractivity contribution in [2.75, 3.05) is 4.72 Å². The van der Waals surface area contributed by atoms with Gasteiger partial charge >= 0.3 is 0 Å². The highest BCUT2D eigenvalue weighted by Gasteiger charge is 2.17. The minimum Gasteiger partial charge on any atom is -0.360 e. The van der Waals surface area contributed by atoms with Crippen molar-refractivity contribution >= 4 is 16.6 Å². The molecule has 0 fully saturated rings. The molecule has 0 bridgehead atoms. The normalized spacial score (nSPS) is 12.4. The maximum Gasteiger partial charge on any atom is 0.187 e. The largest absolute Gasteiger partial charge is 0.360 e. The topological polar surface area (TPSA) is 78.5 Å². The molecule has 1 heterocycles. The summed E-state index contributed by atoms with van der Waals surface area (Å²) < 4.78 is 27.7. The van der Waals surface area contributed by atoms with Crippen LogP contribution in [0.15, 0.2) is 39.8 Å². The molecule has 0 aliphatic heterocycles. The van der Waals surface area contributed by atoms with E-state index in [-0.39, 0.29) is 0 Å². The van der Waals surface area contributed by atoms with Crippen molar-refractivity contribution in [2.45, 2.75) is 31.6 Å². The molecule has 5 nitrogen and oxygen atoms in total. The highest BCUT2D eigenvalue weighted by atomic mass is 32.3. The molecular formula is C13H18N2O3S. The van der Waals surface area contributed by atoms with E-state index in [1.165, 1.54) is 5.56 Å². The number of aryl methyl sites for hydroxylation is 2. The van der Waals surface area contributed by atoms with E-state index < -0.39 is 10.8 Å². The van der Waals surface area contributed by atoms with Gasteiger partial charge in [0.25, 0.3) is 0 Å². The van der Waals surface area contributed by atoms with Crippen LogP contribution in [0.1, 0.15) is 24.7 Å². The number of benzene rings is 1. The van der Waals surface area contributed by atoms with Crippen LogP contribution in [0.5, 0.6) is 0 Å². The zero-order valence-corrected chi connectivity index (χ0v) is 11.8. The van der Waals surface area contributed by atoms with Crippen LogP contribution in [0.2, 0.25) is 0 Å². The molecule has 6 heteroatoms. The highest BCUT2D eigenvalue weighted by Crippen LogP contribution is 2.47. The second-order valence-corrected chi connectivity index (χ2v) is 6.14. The molecule has 0 atom stereocenters. The third kappa shape index (κ3) is 3.50. The SMILES string of the molecule is CCCc1ccc(S(O)(O)Nc2cc(C)on2)cc1. The Morgan fingerprint density at radius 3 is 2.47 bits per heavy atom. The molecule has 0 saturated heterocycles. The smallest absolute Gasteiger partial charge is 0.187 e. The van der Waals surface area contributed by atoms with Crippen molar-refractivity contribution in [1.82, 2.24) is 5.16 Å². The van der Waals surface area contributed by atoms with E-state index in [0.29, 0.717) is 16.5 Å². The molecule has 1 aromatic carbocycles. The van der Waals surface area contributed by atoms with Gasteiger partial charge in [-0.25, -0.2) is 0 Å². The lowest BCUT2D eigenvalue weighted by atomic mass is 10.1. The minimum atomic E-state index is -3.10. The minimum absolute atomic E-state index is 0.315. The molecule has 0 amide bonds. The van der Waals surface area contributed by atoms with Crippen LogP contribution in [-0.2, 0) is 6.42 Å². The summed E-state index contributed by atoms with van der Waals surface area (Å²) >= 11 is 0. The van der Waals surface area contributed by atoms with Gasteiger partial charge in [-0.2, -0.15) is 0 Å². The van der Waals surface area contributed by atoms with E-state index in [0.717, 1.165) is 12.8 Å². The average Bonchev–Trinajstić information content (AvgIpc) is 2.75. The van der Waals surface area contributed by atoms with Crippen LogP contribution in [-0.4, -0.2) is 14.3 Å². The van der Waals surface area contributed by atoms with E-state index >= 15 is 0 Å². The summed E-state index contributed by atoms with van der Waals surface area (Å²) in [7, 11) is -3.10. The van der Waals surface area contributed by atoms with Gasteiger partial charge in [-0.05, 0) is 31.0 Å². The molecule has 2 aromatic rings. The molecule has 0 saturated carbocycles. The maximum atomic E-state index is 10.1. The Hall–Kier alpha value is -1.50. The van der Waals surface area contributed by atoms with E-state index in [2.05, 4.69) is 16.8 Å². The second kappa shape index (κ2) is 5.64. The first-order chi connectivity index (χ1) is 9.01. The molecule has 2 rings (SSSR count). The van der Waals surface area contributed by atoms with Gasteiger partial charge in [0.2, 0.25) is 0 Å². The van der Waals surface area contributed by atoms with Gasteiger partial charge in [0.15, 0.2) is 5.82 Å². The highest BCUT2D eigenvalue weighted by molar-refractivity contribution is 8.25. The molecule has 3 N–H and O–H groups in total. The number of aromatic nitrogens is 1. The lowest BCUT2D eigenvalue weighted by Crippen LogP contribution is -2.09. The zero-order chi connectivity index (χ0) is 13.9. The fraction of sp³-hybridized carbons (Fsp3) is 0.308. The average molecular weight is 282 g/mol. The summed E-state index contributed by atoms with van der Waals surface area (Å²) in [5, 5.41) is 3.69. The monoisotopic (exact) mass is 282 g/mol. The van der Waals surface area contributed by atoms with Crippen molar-refractivity contribution in [3.8, 4) is 0 Å². The van der Waals surface area contributed by atoms with Crippen LogP contribution >= 0.6 is 10.8 Å². The number of nitrogens with zero attached hydrogens (tertiary/aromatic N) is 1. The second-order valence-electron chi connectivity index (χ2n) is 4.37. The third-order valence-corrected chi connectivity index (χ3v) is 4.09. The predicted octanol–water partition coefficient (Wildman–Crippen LogP) is 4.07. The summed E-state index contributed by atoms with van der Waals surface area (Å²) in [6.45, 7) is 3.85. The molecular weight excluding hydrogens is 264 g/mol. The predicted molar refractivity (Wildman–Crippen MR) is 76.4 cm³/mol. The zero-order valence-electron chi connectivity index (χ0n) is 11.0. The van der Waals surface area contributed by atoms with Crippen LogP contribution < -0.4 is 4.72 Å². The van der Waals surface area contributed by atoms with Gasteiger partial charge in [-0.15, -0.1) is 0 Å². The summed E-state index contributed by atoms with van der Waals surface area (Å²) in [4.78, 5) is 0.438. The van der Waals surface area contributed by atoms with Crippen LogP contribution in [0.4, 0.5) is 5.82 Å². The Morgan fingerprint density at radius 2 is 1.95 bits per heavy atom. The van der Waals surface area contributed by atoms with Gasteiger partial charge in [0.1, 0.15) is 5.76 Å². The lowest BCUT2D eigenvalue weighted by Gasteiger charge is -2.32. The molecule has 0 aliphatic carbocycles. The Morgan fingerprint density at radius 1 is 1.26 bits per heavy atom. The third-order valence-electron chi connectivity index (χ3n) is 2.67. The van der Waals surface area contributed by atoms with Crippen molar-refractivity contribution in [3.05, 3.63) is 41.7 Å². The first-order valence-corrected chi connectivity index (χ1v) is 7.64.